The van der Waals surface area contributed by atoms with E-state index in [1.54, 1.807) is 14.2 Å². The fraction of sp³-hybridized carbons (Fsp3) is 0.250. The smallest absolute Gasteiger partial charge is 0.129 e. The molecule has 2 nitrogen and oxygen atoms in total. The van der Waals surface area contributed by atoms with E-state index in [0.717, 1.165) is 16.8 Å². The molecule has 3 heteroatoms. The first-order chi connectivity index (χ1) is 5.27. The molecule has 0 heterocycles. The normalized spacial score (nSPS) is 9.36. The molecule has 0 N–H and O–H groups in total. The van der Waals surface area contributed by atoms with Crippen molar-refractivity contribution in [2.45, 2.75) is 0 Å². The van der Waals surface area contributed by atoms with Crippen molar-refractivity contribution >= 4 is 14.5 Å². The molecule has 0 aliphatic rings. The lowest BCUT2D eigenvalue weighted by atomic mass is 10.3. The van der Waals surface area contributed by atoms with Gasteiger partial charge in [0.25, 0.3) is 0 Å². The van der Waals surface area contributed by atoms with Crippen LogP contribution in [-0.4, -0.2) is 14.2 Å². The molecule has 1 atom stereocenters. The van der Waals surface area contributed by atoms with E-state index in [0.29, 0.717) is 0 Å². The van der Waals surface area contributed by atoms with Gasteiger partial charge in [-0.1, -0.05) is 0 Å². The molecule has 1 aromatic rings. The van der Waals surface area contributed by atoms with Crippen LogP contribution in [0.5, 0.6) is 11.5 Å². The summed E-state index contributed by atoms with van der Waals surface area (Å²) in [6, 6.07) is 5.68. The summed E-state index contributed by atoms with van der Waals surface area (Å²) in [6.45, 7) is 0. The highest BCUT2D eigenvalue weighted by Crippen LogP contribution is 2.18. The Labute approximate surface area is 68.7 Å². The predicted molar refractivity (Wildman–Crippen MR) is 48.9 cm³/mol. The van der Waals surface area contributed by atoms with E-state index in [1.165, 1.54) is 0 Å². The lowest BCUT2D eigenvalue weighted by Gasteiger charge is -2.05. The molecule has 0 aromatic heterocycles. The summed E-state index contributed by atoms with van der Waals surface area (Å²) < 4.78 is 10.1. The third kappa shape index (κ3) is 1.84. The number of ether oxygens (including phenoxy) is 2. The average Bonchev–Trinajstić information content (AvgIpc) is 2.05. The predicted octanol–water partition coefficient (Wildman–Crippen LogP) is 1.20. The molecule has 1 rings (SSSR count). The van der Waals surface area contributed by atoms with Crippen LogP contribution in [-0.2, 0) is 0 Å². The van der Waals surface area contributed by atoms with Gasteiger partial charge in [0.1, 0.15) is 11.5 Å². The first kappa shape index (κ1) is 8.35. The first-order valence-corrected chi connectivity index (χ1v) is 3.83. The van der Waals surface area contributed by atoms with Gasteiger partial charge < -0.3 is 9.47 Å². The highest BCUT2D eigenvalue weighted by molar-refractivity contribution is 7.27. The molecule has 0 saturated carbocycles. The molecule has 0 aliphatic heterocycles. The Bertz CT molecular complexity index is 248. The Hall–Kier alpha value is -0.750. The molecule has 0 saturated heterocycles. The van der Waals surface area contributed by atoms with Gasteiger partial charge in [0.15, 0.2) is 0 Å². The zero-order valence-electron chi connectivity index (χ0n) is 6.63. The molecule has 0 fully saturated rings. The largest absolute Gasteiger partial charge is 0.497 e. The minimum absolute atomic E-state index is 0.813. The monoisotopic (exact) mass is 170 g/mol. The lowest BCUT2D eigenvalue weighted by molar-refractivity contribution is 0.396. The summed E-state index contributed by atoms with van der Waals surface area (Å²) in [5.41, 5.74) is 0. The molecule has 0 aliphatic carbocycles. The van der Waals surface area contributed by atoms with Crippen LogP contribution in [0.15, 0.2) is 18.2 Å². The maximum absolute atomic E-state index is 5.09. The van der Waals surface area contributed by atoms with Crippen molar-refractivity contribution in [2.75, 3.05) is 14.2 Å². The first-order valence-electron chi connectivity index (χ1n) is 3.25. The SMILES string of the molecule is COc1ccc(P)c(OC)c1. The number of rotatable bonds is 2. The van der Waals surface area contributed by atoms with E-state index < -0.39 is 0 Å². The van der Waals surface area contributed by atoms with Gasteiger partial charge in [0.05, 0.1) is 14.2 Å². The van der Waals surface area contributed by atoms with Gasteiger partial charge in [-0.25, -0.2) is 0 Å². The van der Waals surface area contributed by atoms with Gasteiger partial charge in [-0.05, 0) is 12.1 Å². The van der Waals surface area contributed by atoms with Gasteiger partial charge in [-0.15, -0.1) is 9.24 Å². The minimum Gasteiger partial charge on any atom is -0.497 e. The number of hydrogen-bond donors (Lipinski definition) is 0. The molecule has 0 spiro atoms. The summed E-state index contributed by atoms with van der Waals surface area (Å²) in [5.74, 6) is 1.64. The van der Waals surface area contributed by atoms with E-state index in [2.05, 4.69) is 9.24 Å². The van der Waals surface area contributed by atoms with Crippen LogP contribution < -0.4 is 14.8 Å². The maximum Gasteiger partial charge on any atom is 0.129 e. The molecular weight excluding hydrogens is 159 g/mol. The van der Waals surface area contributed by atoms with Crippen LogP contribution in [0.2, 0.25) is 0 Å². The molecule has 1 aromatic carbocycles. The van der Waals surface area contributed by atoms with Crippen molar-refractivity contribution in [3.8, 4) is 11.5 Å². The molecule has 0 radical (unpaired) electrons. The van der Waals surface area contributed by atoms with Gasteiger partial charge >= 0.3 is 0 Å². The van der Waals surface area contributed by atoms with Crippen molar-refractivity contribution in [1.82, 2.24) is 0 Å². The minimum atomic E-state index is 0.813. The summed E-state index contributed by atoms with van der Waals surface area (Å²) in [4.78, 5) is 0. The third-order valence-corrected chi connectivity index (χ3v) is 1.92. The summed E-state index contributed by atoms with van der Waals surface area (Å²) >= 11 is 0. The second-order valence-corrected chi connectivity index (χ2v) is 2.73. The number of hydrogen-bond acceptors (Lipinski definition) is 2. The van der Waals surface area contributed by atoms with Crippen LogP contribution in [0, 0.1) is 0 Å². The van der Waals surface area contributed by atoms with Crippen molar-refractivity contribution in [3.63, 3.8) is 0 Å². The van der Waals surface area contributed by atoms with Crippen molar-refractivity contribution < 1.29 is 9.47 Å². The van der Waals surface area contributed by atoms with Crippen LogP contribution in [0.1, 0.15) is 0 Å². The van der Waals surface area contributed by atoms with Gasteiger partial charge in [0, 0.05) is 11.4 Å². The Kier molecular flexibility index (Phi) is 2.72. The maximum atomic E-state index is 5.09. The topological polar surface area (TPSA) is 18.5 Å². The molecule has 60 valence electrons. The third-order valence-electron chi connectivity index (χ3n) is 1.44. The highest BCUT2D eigenvalue weighted by Gasteiger charge is 1.98. The summed E-state index contributed by atoms with van der Waals surface area (Å²) in [6.07, 6.45) is 0. The zero-order valence-corrected chi connectivity index (χ0v) is 7.78. The van der Waals surface area contributed by atoms with E-state index >= 15 is 0 Å². The van der Waals surface area contributed by atoms with E-state index in [1.807, 2.05) is 18.2 Å². The summed E-state index contributed by atoms with van der Waals surface area (Å²) in [7, 11) is 5.87. The number of methoxy groups -OCH3 is 2. The fourth-order valence-corrected chi connectivity index (χ4v) is 1.12. The van der Waals surface area contributed by atoms with Crippen LogP contribution >= 0.6 is 9.24 Å². The van der Waals surface area contributed by atoms with Crippen LogP contribution in [0.25, 0.3) is 0 Å². The van der Waals surface area contributed by atoms with E-state index in [-0.39, 0.29) is 0 Å². The van der Waals surface area contributed by atoms with Crippen LogP contribution in [0.4, 0.5) is 0 Å². The van der Waals surface area contributed by atoms with Gasteiger partial charge in [-0.2, -0.15) is 0 Å². The summed E-state index contributed by atoms with van der Waals surface area (Å²) in [5, 5.41) is 1.04. The highest BCUT2D eigenvalue weighted by atomic mass is 31.0. The van der Waals surface area contributed by atoms with Crippen molar-refractivity contribution in [1.29, 1.82) is 0 Å². The van der Waals surface area contributed by atoms with Crippen molar-refractivity contribution in [3.05, 3.63) is 18.2 Å². The lowest BCUT2D eigenvalue weighted by Crippen LogP contribution is -1.98. The second kappa shape index (κ2) is 3.59. The second-order valence-electron chi connectivity index (χ2n) is 2.11. The standard InChI is InChI=1S/C8H11O2P/c1-9-6-3-4-8(11)7(5-6)10-2/h3-5H,11H2,1-2H3. The molecular formula is C8H11O2P. The fourth-order valence-electron chi connectivity index (χ4n) is 0.818. The Balaban J connectivity index is 3.02. The zero-order chi connectivity index (χ0) is 8.27. The molecule has 11 heavy (non-hydrogen) atoms. The number of benzene rings is 1. The molecule has 1 unspecified atom stereocenters. The van der Waals surface area contributed by atoms with Gasteiger partial charge in [0.2, 0.25) is 0 Å². The average molecular weight is 170 g/mol. The Morgan fingerprint density at radius 3 is 2.45 bits per heavy atom. The molecule has 0 bridgehead atoms. The Morgan fingerprint density at radius 1 is 1.18 bits per heavy atom. The molecule has 0 amide bonds. The van der Waals surface area contributed by atoms with Gasteiger partial charge in [-0.3, -0.25) is 0 Å². The van der Waals surface area contributed by atoms with E-state index in [9.17, 15) is 0 Å². The van der Waals surface area contributed by atoms with Crippen molar-refractivity contribution in [2.24, 2.45) is 0 Å². The van der Waals surface area contributed by atoms with E-state index in [4.69, 9.17) is 9.47 Å². The van der Waals surface area contributed by atoms with Crippen LogP contribution in [0.3, 0.4) is 0 Å². The quantitative estimate of drug-likeness (QED) is 0.621. The Morgan fingerprint density at radius 2 is 1.91 bits per heavy atom.